The Kier molecular flexibility index (Phi) is 2.08. The molecule has 2 nitrogen and oxygen atoms in total. The molecule has 0 radical (unpaired) electrons. The maximum atomic E-state index is 11.3. The van der Waals surface area contributed by atoms with Gasteiger partial charge in [-0.05, 0) is 18.1 Å². The van der Waals surface area contributed by atoms with Crippen LogP contribution in [-0.2, 0) is 11.2 Å². The molecule has 1 aromatic carbocycles. The predicted molar refractivity (Wildman–Crippen MR) is 63.1 cm³/mol. The summed E-state index contributed by atoms with van der Waals surface area (Å²) in [5.41, 5.74) is 1.21. The van der Waals surface area contributed by atoms with E-state index in [9.17, 15) is 4.79 Å². The molecule has 0 bridgehead atoms. The highest BCUT2D eigenvalue weighted by molar-refractivity contribution is 6.27. The first-order chi connectivity index (χ1) is 7.69. The van der Waals surface area contributed by atoms with Crippen LogP contribution in [0.3, 0.4) is 0 Å². The van der Waals surface area contributed by atoms with Gasteiger partial charge in [-0.3, -0.25) is 4.79 Å². The average Bonchev–Trinajstić information content (AvgIpc) is 2.52. The van der Waals surface area contributed by atoms with Crippen molar-refractivity contribution in [3.63, 3.8) is 0 Å². The summed E-state index contributed by atoms with van der Waals surface area (Å²) in [6, 6.07) is 10.3. The Balaban J connectivity index is 1.81. The first kappa shape index (κ1) is 9.91. The number of hydrogen-bond acceptors (Lipinski definition) is 1. The highest BCUT2D eigenvalue weighted by atomic mass is 35.5. The van der Waals surface area contributed by atoms with E-state index in [1.54, 1.807) is 4.90 Å². The number of rotatable bonds is 2. The number of carbonyl (C=O) groups excluding carboxylic acids is 1. The molecule has 1 saturated heterocycles. The zero-order valence-corrected chi connectivity index (χ0v) is 9.52. The van der Waals surface area contributed by atoms with Gasteiger partial charge >= 0.3 is 0 Å². The highest BCUT2D eigenvalue weighted by Gasteiger charge is 2.51. The molecule has 0 saturated carbocycles. The number of amides is 1. The molecule has 0 aliphatic carbocycles. The lowest BCUT2D eigenvalue weighted by molar-refractivity contribution is -0.141. The molecule has 2 atom stereocenters. The SMILES string of the molecule is O=C1C[C@@H]2N1C=CC2(Cl)Cc1ccccc1. The van der Waals surface area contributed by atoms with Gasteiger partial charge in [-0.1, -0.05) is 30.3 Å². The molecular formula is C13H12ClNO. The van der Waals surface area contributed by atoms with Crippen LogP contribution in [0.5, 0.6) is 0 Å². The van der Waals surface area contributed by atoms with Crippen LogP contribution in [0.2, 0.25) is 0 Å². The van der Waals surface area contributed by atoms with Crippen LogP contribution in [0.1, 0.15) is 12.0 Å². The zero-order valence-electron chi connectivity index (χ0n) is 8.77. The van der Waals surface area contributed by atoms with Crippen LogP contribution < -0.4 is 0 Å². The number of halogens is 1. The molecule has 16 heavy (non-hydrogen) atoms. The van der Waals surface area contributed by atoms with Crippen molar-refractivity contribution in [1.82, 2.24) is 4.90 Å². The van der Waals surface area contributed by atoms with Gasteiger partial charge in [-0.2, -0.15) is 0 Å². The minimum atomic E-state index is -0.407. The van der Waals surface area contributed by atoms with Gasteiger partial charge in [0.15, 0.2) is 0 Å². The molecule has 2 aliphatic heterocycles. The Morgan fingerprint density at radius 2 is 2.12 bits per heavy atom. The molecular weight excluding hydrogens is 222 g/mol. The average molecular weight is 234 g/mol. The Morgan fingerprint density at radius 3 is 2.75 bits per heavy atom. The summed E-state index contributed by atoms with van der Waals surface area (Å²) in [4.78, 5) is 12.6. The van der Waals surface area contributed by atoms with Crippen molar-refractivity contribution in [2.24, 2.45) is 0 Å². The summed E-state index contributed by atoms with van der Waals surface area (Å²) >= 11 is 6.59. The van der Waals surface area contributed by atoms with Crippen LogP contribution in [0.15, 0.2) is 42.6 Å². The Labute approximate surface area is 99.5 Å². The van der Waals surface area contributed by atoms with Crippen molar-refractivity contribution in [1.29, 1.82) is 0 Å². The topological polar surface area (TPSA) is 20.3 Å². The van der Waals surface area contributed by atoms with E-state index in [0.717, 1.165) is 6.42 Å². The molecule has 0 aromatic heterocycles. The number of nitrogens with zero attached hydrogens (tertiary/aromatic N) is 1. The van der Waals surface area contributed by atoms with Crippen molar-refractivity contribution in [3.05, 3.63) is 48.2 Å². The second-order valence-corrected chi connectivity index (χ2v) is 5.13. The van der Waals surface area contributed by atoms with E-state index in [-0.39, 0.29) is 11.9 Å². The van der Waals surface area contributed by atoms with Gasteiger partial charge in [0, 0.05) is 6.20 Å². The van der Waals surface area contributed by atoms with Crippen molar-refractivity contribution in [2.75, 3.05) is 0 Å². The summed E-state index contributed by atoms with van der Waals surface area (Å²) in [5.74, 6) is 0.178. The van der Waals surface area contributed by atoms with Crippen LogP contribution in [0.4, 0.5) is 0 Å². The summed E-state index contributed by atoms with van der Waals surface area (Å²) in [6.07, 6.45) is 5.13. The number of β-lactam (4-membered cyclic amide) rings is 1. The number of fused-ring (bicyclic) bond motifs is 1. The lowest BCUT2D eigenvalue weighted by Gasteiger charge is -2.41. The predicted octanol–water partition coefficient (Wildman–Crippen LogP) is 2.33. The number of carbonyl (C=O) groups is 1. The van der Waals surface area contributed by atoms with Gasteiger partial charge in [0.05, 0.1) is 17.3 Å². The maximum Gasteiger partial charge on any atom is 0.229 e. The Hall–Kier alpha value is -1.28. The summed E-state index contributed by atoms with van der Waals surface area (Å²) in [6.45, 7) is 0. The highest BCUT2D eigenvalue weighted by Crippen LogP contribution is 2.42. The lowest BCUT2D eigenvalue weighted by Crippen LogP contribution is -2.55. The largest absolute Gasteiger partial charge is 0.314 e. The fourth-order valence-electron chi connectivity index (χ4n) is 2.42. The Bertz CT molecular complexity index is 456. The molecule has 3 rings (SSSR count). The van der Waals surface area contributed by atoms with Gasteiger partial charge in [-0.15, -0.1) is 11.6 Å². The van der Waals surface area contributed by atoms with E-state index in [0.29, 0.717) is 6.42 Å². The standard InChI is InChI=1S/C13H12ClNO/c14-13(9-10-4-2-1-3-5-10)6-7-15-11(13)8-12(15)16/h1-7,11H,8-9H2/t11-,13?/m0/s1. The molecule has 1 aromatic rings. The monoisotopic (exact) mass is 233 g/mol. The molecule has 3 heteroatoms. The van der Waals surface area contributed by atoms with Crippen LogP contribution >= 0.6 is 11.6 Å². The summed E-state index contributed by atoms with van der Waals surface area (Å²) in [5, 5.41) is 0. The van der Waals surface area contributed by atoms with Gasteiger partial charge in [0.1, 0.15) is 0 Å². The second-order valence-electron chi connectivity index (χ2n) is 4.43. The van der Waals surface area contributed by atoms with Gasteiger partial charge in [0.2, 0.25) is 5.91 Å². The van der Waals surface area contributed by atoms with Gasteiger partial charge in [0.25, 0.3) is 0 Å². The summed E-state index contributed by atoms with van der Waals surface area (Å²) in [7, 11) is 0. The number of alkyl halides is 1. The lowest BCUT2D eigenvalue weighted by atomic mass is 9.87. The smallest absolute Gasteiger partial charge is 0.229 e. The minimum Gasteiger partial charge on any atom is -0.314 e. The number of benzene rings is 1. The van der Waals surface area contributed by atoms with Gasteiger partial charge < -0.3 is 4.90 Å². The quantitative estimate of drug-likeness (QED) is 0.567. The van der Waals surface area contributed by atoms with Crippen molar-refractivity contribution < 1.29 is 4.79 Å². The fraction of sp³-hybridized carbons (Fsp3) is 0.308. The minimum absolute atomic E-state index is 0.155. The third-order valence-corrected chi connectivity index (χ3v) is 3.89. The van der Waals surface area contributed by atoms with Crippen molar-refractivity contribution in [3.8, 4) is 0 Å². The van der Waals surface area contributed by atoms with E-state index in [1.807, 2.05) is 30.5 Å². The number of hydrogen-bond donors (Lipinski definition) is 0. The van der Waals surface area contributed by atoms with Crippen LogP contribution in [-0.4, -0.2) is 21.7 Å². The molecule has 1 amide bonds. The fourth-order valence-corrected chi connectivity index (χ4v) is 2.81. The van der Waals surface area contributed by atoms with E-state index >= 15 is 0 Å². The molecule has 82 valence electrons. The first-order valence-electron chi connectivity index (χ1n) is 5.42. The van der Waals surface area contributed by atoms with Gasteiger partial charge in [-0.25, -0.2) is 0 Å². The zero-order chi connectivity index (χ0) is 11.2. The normalized spacial score (nSPS) is 31.4. The van der Waals surface area contributed by atoms with E-state index in [1.165, 1.54) is 5.56 Å². The third-order valence-electron chi connectivity index (χ3n) is 3.38. The molecule has 0 N–H and O–H groups in total. The molecule has 2 aliphatic rings. The first-order valence-corrected chi connectivity index (χ1v) is 5.80. The van der Waals surface area contributed by atoms with Crippen LogP contribution in [0, 0.1) is 0 Å². The summed E-state index contributed by atoms with van der Waals surface area (Å²) < 4.78 is 0. The Morgan fingerprint density at radius 1 is 1.38 bits per heavy atom. The molecule has 1 fully saturated rings. The maximum absolute atomic E-state index is 11.3. The van der Waals surface area contributed by atoms with E-state index < -0.39 is 4.87 Å². The molecule has 0 spiro atoms. The van der Waals surface area contributed by atoms with Crippen LogP contribution in [0.25, 0.3) is 0 Å². The molecule has 2 heterocycles. The van der Waals surface area contributed by atoms with Crippen molar-refractivity contribution >= 4 is 17.5 Å². The molecule has 1 unspecified atom stereocenters. The van der Waals surface area contributed by atoms with E-state index in [2.05, 4.69) is 12.1 Å². The third kappa shape index (κ3) is 1.37. The van der Waals surface area contributed by atoms with Crippen molar-refractivity contribution in [2.45, 2.75) is 23.8 Å². The van der Waals surface area contributed by atoms with E-state index in [4.69, 9.17) is 11.6 Å². The second kappa shape index (κ2) is 3.36.